The molecular weight excluding hydrogens is 428 g/mol. The number of benzene rings is 2. The molecule has 0 saturated carbocycles. The van der Waals surface area contributed by atoms with Crippen LogP contribution in [0.3, 0.4) is 0 Å². The minimum atomic E-state index is -3.71. The van der Waals surface area contributed by atoms with Gasteiger partial charge in [0.15, 0.2) is 0 Å². The molecule has 1 amide bonds. The van der Waals surface area contributed by atoms with Crippen molar-refractivity contribution in [1.82, 2.24) is 9.62 Å². The number of carbonyl (C=O) groups is 2. The molecule has 1 atom stereocenters. The second-order valence-electron chi connectivity index (χ2n) is 7.75. The smallest absolute Gasteiger partial charge is 0.308 e. The van der Waals surface area contributed by atoms with Crippen molar-refractivity contribution in [3.63, 3.8) is 0 Å². The van der Waals surface area contributed by atoms with Crippen LogP contribution in [-0.4, -0.2) is 43.8 Å². The van der Waals surface area contributed by atoms with Gasteiger partial charge in [-0.05, 0) is 44.0 Å². The molecule has 0 aliphatic rings. The lowest BCUT2D eigenvalue weighted by Gasteiger charge is -2.21. The number of hydrogen-bond donors (Lipinski definition) is 1. The van der Waals surface area contributed by atoms with Gasteiger partial charge in [0, 0.05) is 18.7 Å². The van der Waals surface area contributed by atoms with Crippen LogP contribution in [0.2, 0.25) is 0 Å². The van der Waals surface area contributed by atoms with Crippen LogP contribution < -0.4 is 5.32 Å². The first kappa shape index (κ1) is 25.5. The van der Waals surface area contributed by atoms with Crippen LogP contribution in [0.25, 0.3) is 0 Å². The molecule has 2 aromatic carbocycles. The number of hydrogen-bond acceptors (Lipinski definition) is 5. The summed E-state index contributed by atoms with van der Waals surface area (Å²) in [5, 5.41) is 2.88. The van der Waals surface area contributed by atoms with E-state index in [4.69, 9.17) is 4.74 Å². The number of amides is 1. The highest BCUT2D eigenvalue weighted by Gasteiger charge is 2.25. The van der Waals surface area contributed by atoms with Gasteiger partial charge in [0.1, 0.15) is 0 Å². The Bertz CT molecular complexity index is 1030. The average molecular weight is 461 g/mol. The molecule has 8 heteroatoms. The molecule has 1 N–H and O–H groups in total. The highest BCUT2D eigenvalue weighted by molar-refractivity contribution is 7.89. The fraction of sp³-hybridized carbons (Fsp3) is 0.417. The van der Waals surface area contributed by atoms with Gasteiger partial charge in [-0.2, -0.15) is 4.31 Å². The third kappa shape index (κ3) is 6.40. The van der Waals surface area contributed by atoms with Gasteiger partial charge in [-0.1, -0.05) is 50.2 Å². The zero-order valence-electron chi connectivity index (χ0n) is 19.3. The fourth-order valence-corrected chi connectivity index (χ4v) is 4.85. The molecule has 0 fully saturated rings. The van der Waals surface area contributed by atoms with Crippen LogP contribution in [0.4, 0.5) is 0 Å². The molecule has 0 saturated heterocycles. The van der Waals surface area contributed by atoms with E-state index in [2.05, 4.69) is 5.32 Å². The molecule has 0 heterocycles. The van der Waals surface area contributed by atoms with Gasteiger partial charge in [0.25, 0.3) is 5.91 Å². The van der Waals surface area contributed by atoms with Crippen molar-refractivity contribution in [2.75, 3.05) is 13.1 Å². The van der Waals surface area contributed by atoms with Gasteiger partial charge in [0.05, 0.1) is 23.5 Å². The molecule has 0 spiro atoms. The molecule has 2 aromatic rings. The number of nitrogens with zero attached hydrogens (tertiary/aromatic N) is 1. The molecule has 0 aliphatic carbocycles. The minimum Gasteiger partial charge on any atom is -0.463 e. The van der Waals surface area contributed by atoms with Crippen molar-refractivity contribution < 1.29 is 22.7 Å². The Labute approximate surface area is 190 Å². The maximum Gasteiger partial charge on any atom is 0.308 e. The Morgan fingerprint density at radius 2 is 1.66 bits per heavy atom. The van der Waals surface area contributed by atoms with Gasteiger partial charge < -0.3 is 10.1 Å². The summed E-state index contributed by atoms with van der Waals surface area (Å²) in [6, 6.07) is 13.0. The summed E-state index contributed by atoms with van der Waals surface area (Å²) >= 11 is 0. The van der Waals surface area contributed by atoms with E-state index in [1.807, 2.05) is 30.3 Å². The summed E-state index contributed by atoms with van der Waals surface area (Å²) in [6.07, 6.45) is -0.302. The third-order valence-electron chi connectivity index (χ3n) is 5.04. The molecule has 0 aliphatic heterocycles. The predicted molar refractivity (Wildman–Crippen MR) is 124 cm³/mol. The molecule has 0 aromatic heterocycles. The number of rotatable bonds is 10. The van der Waals surface area contributed by atoms with Crippen molar-refractivity contribution in [2.45, 2.75) is 58.1 Å². The Morgan fingerprint density at radius 3 is 2.22 bits per heavy atom. The number of sulfonamides is 1. The van der Waals surface area contributed by atoms with E-state index < -0.39 is 27.9 Å². The average Bonchev–Trinajstić information content (AvgIpc) is 2.74. The topological polar surface area (TPSA) is 92.8 Å². The van der Waals surface area contributed by atoms with Gasteiger partial charge in [-0.15, -0.1) is 0 Å². The lowest BCUT2D eigenvalue weighted by Crippen LogP contribution is -2.33. The van der Waals surface area contributed by atoms with Crippen LogP contribution in [0.1, 0.15) is 61.6 Å². The molecule has 174 valence electrons. The standard InChI is InChI=1S/C24H32N2O5S/c1-6-26(7-2)32(29,30)20-14-13-18(5)21(15-20)24(28)25-22(16-23(27)31-17(3)4)19-11-9-8-10-12-19/h8-15,17,22H,6-7,16H2,1-5H3,(H,25,28). The Morgan fingerprint density at radius 1 is 1.03 bits per heavy atom. The van der Waals surface area contributed by atoms with Crippen LogP contribution >= 0.6 is 0 Å². The fourth-order valence-electron chi connectivity index (χ4n) is 3.37. The Balaban J connectivity index is 2.36. The number of carbonyl (C=O) groups excluding carboxylic acids is 2. The quantitative estimate of drug-likeness (QED) is 0.544. The maximum atomic E-state index is 13.2. The molecule has 0 bridgehead atoms. The Kier molecular flexibility index (Phi) is 8.98. The Hall–Kier alpha value is -2.71. The first-order chi connectivity index (χ1) is 15.1. The number of nitrogens with one attached hydrogen (secondary N) is 1. The summed E-state index contributed by atoms with van der Waals surface area (Å²) in [5.41, 5.74) is 1.64. The minimum absolute atomic E-state index is 0.0373. The molecule has 0 radical (unpaired) electrons. The summed E-state index contributed by atoms with van der Waals surface area (Å²) in [7, 11) is -3.71. The van der Waals surface area contributed by atoms with E-state index in [0.717, 1.165) is 5.56 Å². The molecule has 1 unspecified atom stereocenters. The van der Waals surface area contributed by atoms with Crippen molar-refractivity contribution in [2.24, 2.45) is 0 Å². The number of aryl methyl sites for hydroxylation is 1. The second-order valence-corrected chi connectivity index (χ2v) is 9.68. The number of ether oxygens (including phenoxy) is 1. The van der Waals surface area contributed by atoms with Crippen molar-refractivity contribution in [3.05, 3.63) is 65.2 Å². The van der Waals surface area contributed by atoms with Crippen LogP contribution in [0, 0.1) is 6.92 Å². The van der Waals surface area contributed by atoms with E-state index in [-0.39, 0.29) is 23.0 Å². The van der Waals surface area contributed by atoms with E-state index in [9.17, 15) is 18.0 Å². The summed E-state index contributed by atoms with van der Waals surface area (Å²) < 4.78 is 32.4. The highest BCUT2D eigenvalue weighted by Crippen LogP contribution is 2.22. The van der Waals surface area contributed by atoms with Crippen molar-refractivity contribution >= 4 is 21.9 Å². The first-order valence-electron chi connectivity index (χ1n) is 10.8. The zero-order chi connectivity index (χ0) is 23.9. The monoisotopic (exact) mass is 460 g/mol. The summed E-state index contributed by atoms with van der Waals surface area (Å²) in [5.74, 6) is -0.881. The SMILES string of the molecule is CCN(CC)S(=O)(=O)c1ccc(C)c(C(=O)NC(CC(=O)OC(C)C)c2ccccc2)c1. The maximum absolute atomic E-state index is 13.2. The van der Waals surface area contributed by atoms with Crippen molar-refractivity contribution in [3.8, 4) is 0 Å². The highest BCUT2D eigenvalue weighted by atomic mass is 32.2. The van der Waals surface area contributed by atoms with E-state index >= 15 is 0 Å². The van der Waals surface area contributed by atoms with E-state index in [1.165, 1.54) is 16.4 Å². The zero-order valence-corrected chi connectivity index (χ0v) is 20.1. The second kappa shape index (κ2) is 11.2. The summed E-state index contributed by atoms with van der Waals surface area (Å²) in [4.78, 5) is 25.5. The molecular formula is C24H32N2O5S. The van der Waals surface area contributed by atoms with Crippen LogP contribution in [-0.2, 0) is 19.6 Å². The van der Waals surface area contributed by atoms with Crippen LogP contribution in [0.5, 0.6) is 0 Å². The largest absolute Gasteiger partial charge is 0.463 e. The van der Waals surface area contributed by atoms with Gasteiger partial charge in [-0.3, -0.25) is 9.59 Å². The van der Waals surface area contributed by atoms with Gasteiger partial charge in [0.2, 0.25) is 10.0 Å². The van der Waals surface area contributed by atoms with Gasteiger partial charge in [-0.25, -0.2) is 8.42 Å². The third-order valence-corrected chi connectivity index (χ3v) is 7.09. The summed E-state index contributed by atoms with van der Waals surface area (Å²) in [6.45, 7) is 9.48. The number of esters is 1. The normalized spacial score (nSPS) is 12.6. The van der Waals surface area contributed by atoms with Gasteiger partial charge >= 0.3 is 5.97 Å². The molecule has 32 heavy (non-hydrogen) atoms. The first-order valence-corrected chi connectivity index (χ1v) is 12.2. The van der Waals surface area contributed by atoms with E-state index in [0.29, 0.717) is 18.7 Å². The lowest BCUT2D eigenvalue weighted by molar-refractivity contribution is -0.147. The molecule has 7 nitrogen and oxygen atoms in total. The van der Waals surface area contributed by atoms with Crippen LogP contribution in [0.15, 0.2) is 53.4 Å². The predicted octanol–water partition coefficient (Wildman–Crippen LogP) is 3.84. The molecule has 2 rings (SSSR count). The van der Waals surface area contributed by atoms with Crippen molar-refractivity contribution in [1.29, 1.82) is 0 Å². The van der Waals surface area contributed by atoms with E-state index in [1.54, 1.807) is 40.7 Å². The lowest BCUT2D eigenvalue weighted by atomic mass is 10.0.